The number of nitrogens with one attached hydrogen (secondary N) is 1. The van der Waals surface area contributed by atoms with Crippen molar-refractivity contribution in [2.45, 2.75) is 38.9 Å². The first-order chi connectivity index (χ1) is 9.62. The lowest BCUT2D eigenvalue weighted by Crippen LogP contribution is -2.40. The van der Waals surface area contributed by atoms with Crippen molar-refractivity contribution in [1.82, 2.24) is 15.0 Å². The fourth-order valence-electron chi connectivity index (χ4n) is 2.17. The van der Waals surface area contributed by atoms with Gasteiger partial charge in [0.15, 0.2) is 0 Å². The first-order valence-corrected chi connectivity index (χ1v) is 7.00. The topological polar surface area (TPSA) is 72.4 Å². The Bertz CT molecular complexity index is 441. The maximum atomic E-state index is 5.58. The third-order valence-corrected chi connectivity index (χ3v) is 3.16. The van der Waals surface area contributed by atoms with Crippen molar-refractivity contribution < 1.29 is 9.47 Å². The second-order valence-corrected chi connectivity index (χ2v) is 5.10. The molecule has 1 aromatic heterocycles. The summed E-state index contributed by atoms with van der Waals surface area (Å²) in [7, 11) is 3.53. The van der Waals surface area contributed by atoms with Crippen LogP contribution in [0.4, 0.5) is 11.9 Å². The minimum absolute atomic E-state index is 0.0306. The molecule has 1 N–H and O–H groups in total. The molecule has 2 rings (SSSR count). The largest absolute Gasteiger partial charge is 0.461 e. The normalized spacial score (nSPS) is 19.2. The number of rotatable bonds is 5. The van der Waals surface area contributed by atoms with Crippen LogP contribution >= 0.6 is 0 Å². The van der Waals surface area contributed by atoms with Crippen LogP contribution in [-0.4, -0.2) is 54.4 Å². The molecule has 0 aliphatic carbocycles. The van der Waals surface area contributed by atoms with Gasteiger partial charge in [0, 0.05) is 27.2 Å². The van der Waals surface area contributed by atoms with Crippen LogP contribution in [0.5, 0.6) is 6.01 Å². The minimum atomic E-state index is 0.0306. The molecule has 1 aliphatic heterocycles. The molecule has 1 aliphatic rings. The van der Waals surface area contributed by atoms with Gasteiger partial charge in [-0.15, -0.1) is 0 Å². The number of hydrogen-bond acceptors (Lipinski definition) is 7. The molecule has 1 unspecified atom stereocenters. The summed E-state index contributed by atoms with van der Waals surface area (Å²) in [6, 6.07) is 0.355. The van der Waals surface area contributed by atoms with Crippen LogP contribution in [0.1, 0.15) is 26.7 Å². The Morgan fingerprint density at radius 3 is 2.75 bits per heavy atom. The average molecular weight is 281 g/mol. The summed E-state index contributed by atoms with van der Waals surface area (Å²) in [5, 5.41) is 2.95. The number of anilines is 2. The second kappa shape index (κ2) is 6.69. The van der Waals surface area contributed by atoms with Crippen LogP contribution in [-0.2, 0) is 4.74 Å². The molecule has 1 aromatic rings. The molecule has 7 heteroatoms. The fraction of sp³-hybridized carbons (Fsp3) is 0.769. The van der Waals surface area contributed by atoms with E-state index in [1.807, 2.05) is 13.8 Å². The van der Waals surface area contributed by atoms with Crippen LogP contribution in [0.15, 0.2) is 0 Å². The Morgan fingerprint density at radius 2 is 2.10 bits per heavy atom. The summed E-state index contributed by atoms with van der Waals surface area (Å²) in [6.45, 7) is 5.62. The van der Waals surface area contributed by atoms with E-state index >= 15 is 0 Å². The van der Waals surface area contributed by atoms with Crippen LogP contribution in [0.25, 0.3) is 0 Å². The average Bonchev–Trinajstić information content (AvgIpc) is 2.46. The standard InChI is InChI=1S/C13H23N5O2/c1-9(2)20-13-16-11(14-3)15-12(17-13)18-7-5-6-10(8-18)19-4/h9-10H,5-8H2,1-4H3,(H,14,15,16,17). The highest BCUT2D eigenvalue weighted by Gasteiger charge is 2.22. The van der Waals surface area contributed by atoms with Gasteiger partial charge < -0.3 is 19.7 Å². The zero-order valence-corrected chi connectivity index (χ0v) is 12.6. The molecule has 0 aromatic carbocycles. The third kappa shape index (κ3) is 3.69. The number of piperidine rings is 1. The summed E-state index contributed by atoms with van der Waals surface area (Å²) in [5.74, 6) is 1.16. The zero-order chi connectivity index (χ0) is 14.5. The Kier molecular flexibility index (Phi) is 4.94. The van der Waals surface area contributed by atoms with E-state index in [0.29, 0.717) is 17.9 Å². The molecule has 1 saturated heterocycles. The molecule has 1 fully saturated rings. The molecule has 1 atom stereocenters. The number of aromatic nitrogens is 3. The summed E-state index contributed by atoms with van der Waals surface area (Å²) in [4.78, 5) is 15.1. The van der Waals surface area contributed by atoms with E-state index in [4.69, 9.17) is 9.47 Å². The van der Waals surface area contributed by atoms with Crippen molar-refractivity contribution in [3.63, 3.8) is 0 Å². The van der Waals surface area contributed by atoms with Gasteiger partial charge in [-0.05, 0) is 26.7 Å². The van der Waals surface area contributed by atoms with Crippen LogP contribution < -0.4 is 15.0 Å². The van der Waals surface area contributed by atoms with Gasteiger partial charge in [0.05, 0.1) is 12.2 Å². The van der Waals surface area contributed by atoms with Gasteiger partial charge in [0.25, 0.3) is 0 Å². The van der Waals surface area contributed by atoms with Gasteiger partial charge in [-0.3, -0.25) is 0 Å². The molecule has 0 spiro atoms. The summed E-state index contributed by atoms with van der Waals surface area (Å²) < 4.78 is 11.0. The summed E-state index contributed by atoms with van der Waals surface area (Å²) in [5.41, 5.74) is 0. The lowest BCUT2D eigenvalue weighted by atomic mass is 10.1. The van der Waals surface area contributed by atoms with Gasteiger partial charge in [0.2, 0.25) is 11.9 Å². The van der Waals surface area contributed by atoms with Gasteiger partial charge in [-0.25, -0.2) is 0 Å². The van der Waals surface area contributed by atoms with Crippen LogP contribution in [0.3, 0.4) is 0 Å². The van der Waals surface area contributed by atoms with E-state index in [0.717, 1.165) is 25.9 Å². The van der Waals surface area contributed by atoms with Crippen molar-refractivity contribution in [2.75, 3.05) is 37.5 Å². The molecule has 20 heavy (non-hydrogen) atoms. The highest BCUT2D eigenvalue weighted by atomic mass is 16.5. The number of ether oxygens (including phenoxy) is 2. The highest BCUT2D eigenvalue weighted by molar-refractivity contribution is 5.38. The Hall–Kier alpha value is -1.63. The van der Waals surface area contributed by atoms with E-state index in [1.54, 1.807) is 14.2 Å². The summed E-state index contributed by atoms with van der Waals surface area (Å²) in [6.07, 6.45) is 2.40. The van der Waals surface area contributed by atoms with E-state index in [2.05, 4.69) is 25.2 Å². The van der Waals surface area contributed by atoms with Gasteiger partial charge in [-0.2, -0.15) is 15.0 Å². The molecular weight excluding hydrogens is 258 g/mol. The Balaban J connectivity index is 2.20. The van der Waals surface area contributed by atoms with Crippen LogP contribution in [0, 0.1) is 0 Å². The van der Waals surface area contributed by atoms with Crippen molar-refractivity contribution in [3.8, 4) is 6.01 Å². The second-order valence-electron chi connectivity index (χ2n) is 5.10. The molecule has 2 heterocycles. The van der Waals surface area contributed by atoms with E-state index in [9.17, 15) is 0 Å². The Morgan fingerprint density at radius 1 is 1.30 bits per heavy atom. The zero-order valence-electron chi connectivity index (χ0n) is 12.6. The molecule has 0 amide bonds. The molecule has 0 bridgehead atoms. The van der Waals surface area contributed by atoms with Gasteiger partial charge in [-0.1, -0.05) is 0 Å². The summed E-state index contributed by atoms with van der Waals surface area (Å²) >= 11 is 0. The fourth-order valence-corrected chi connectivity index (χ4v) is 2.17. The van der Waals surface area contributed by atoms with Crippen molar-refractivity contribution >= 4 is 11.9 Å². The quantitative estimate of drug-likeness (QED) is 0.872. The monoisotopic (exact) mass is 281 g/mol. The predicted octanol–water partition coefficient (Wildman–Crippen LogP) is 1.32. The first-order valence-electron chi connectivity index (χ1n) is 7.00. The molecule has 0 saturated carbocycles. The number of methoxy groups -OCH3 is 1. The van der Waals surface area contributed by atoms with Crippen molar-refractivity contribution in [2.24, 2.45) is 0 Å². The van der Waals surface area contributed by atoms with Crippen LogP contribution in [0.2, 0.25) is 0 Å². The number of nitrogens with zero attached hydrogens (tertiary/aromatic N) is 4. The lowest BCUT2D eigenvalue weighted by Gasteiger charge is -2.32. The predicted molar refractivity (Wildman–Crippen MR) is 77.4 cm³/mol. The molecular formula is C13H23N5O2. The molecule has 0 radical (unpaired) electrons. The number of hydrogen-bond donors (Lipinski definition) is 1. The minimum Gasteiger partial charge on any atom is -0.461 e. The van der Waals surface area contributed by atoms with Gasteiger partial charge in [0.1, 0.15) is 0 Å². The Labute approximate surface area is 119 Å². The SMILES string of the molecule is CNc1nc(OC(C)C)nc(N2CCCC(OC)C2)n1. The van der Waals surface area contributed by atoms with Crippen molar-refractivity contribution in [3.05, 3.63) is 0 Å². The van der Waals surface area contributed by atoms with E-state index < -0.39 is 0 Å². The molecule has 7 nitrogen and oxygen atoms in total. The first kappa shape index (κ1) is 14.8. The third-order valence-electron chi connectivity index (χ3n) is 3.16. The van der Waals surface area contributed by atoms with E-state index in [1.165, 1.54) is 0 Å². The highest BCUT2D eigenvalue weighted by Crippen LogP contribution is 2.20. The molecule has 112 valence electrons. The van der Waals surface area contributed by atoms with E-state index in [-0.39, 0.29) is 12.2 Å². The maximum absolute atomic E-state index is 5.58. The van der Waals surface area contributed by atoms with Crippen molar-refractivity contribution in [1.29, 1.82) is 0 Å². The lowest BCUT2D eigenvalue weighted by molar-refractivity contribution is 0.0888. The van der Waals surface area contributed by atoms with Gasteiger partial charge >= 0.3 is 6.01 Å². The smallest absolute Gasteiger partial charge is 0.323 e. The maximum Gasteiger partial charge on any atom is 0.323 e.